The number of benzene rings is 1. The van der Waals surface area contributed by atoms with Crippen molar-refractivity contribution < 1.29 is 19.1 Å². The van der Waals surface area contributed by atoms with Crippen molar-refractivity contribution in [3.05, 3.63) is 51.8 Å². The lowest BCUT2D eigenvalue weighted by Crippen LogP contribution is -2.23. The number of nitrogens with zero attached hydrogens (tertiary/aromatic N) is 2. The van der Waals surface area contributed by atoms with E-state index < -0.39 is 18.0 Å². The molecule has 1 atom stereocenters. The summed E-state index contributed by atoms with van der Waals surface area (Å²) in [5.74, 6) is -1.18. The molecule has 0 bridgehead atoms. The van der Waals surface area contributed by atoms with Gasteiger partial charge in [0.2, 0.25) is 6.10 Å². The normalized spacial score (nSPS) is 17.0. The first-order chi connectivity index (χ1) is 11.5. The molecule has 1 aliphatic heterocycles. The number of ether oxygens (including phenoxy) is 2. The minimum absolute atomic E-state index is 0.184. The third-order valence-electron chi connectivity index (χ3n) is 3.86. The van der Waals surface area contributed by atoms with Gasteiger partial charge in [0.15, 0.2) is 0 Å². The highest BCUT2D eigenvalue weighted by atomic mass is 35.5. The maximum absolute atomic E-state index is 12.3. The molecule has 0 spiro atoms. The molecule has 2 heterocycles. The topological polar surface area (TPSA) is 70.4 Å². The smallest absolute Gasteiger partial charge is 0.347 e. The summed E-state index contributed by atoms with van der Waals surface area (Å²) in [5, 5.41) is 4.51. The van der Waals surface area contributed by atoms with Crippen molar-refractivity contribution in [2.45, 2.75) is 32.9 Å². The van der Waals surface area contributed by atoms with Crippen molar-refractivity contribution in [3.63, 3.8) is 0 Å². The highest BCUT2D eigenvalue weighted by molar-refractivity contribution is 6.32. The summed E-state index contributed by atoms with van der Waals surface area (Å²) in [6.45, 7) is 4.40. The van der Waals surface area contributed by atoms with Gasteiger partial charge in [0.1, 0.15) is 10.7 Å². The van der Waals surface area contributed by atoms with E-state index in [4.69, 9.17) is 21.1 Å². The van der Waals surface area contributed by atoms with Crippen LogP contribution in [-0.2, 0) is 20.8 Å². The van der Waals surface area contributed by atoms with E-state index in [2.05, 4.69) is 5.10 Å². The van der Waals surface area contributed by atoms with Crippen molar-refractivity contribution in [1.82, 2.24) is 9.78 Å². The van der Waals surface area contributed by atoms with Gasteiger partial charge in [-0.05, 0) is 19.4 Å². The Kier molecular flexibility index (Phi) is 4.57. The van der Waals surface area contributed by atoms with E-state index in [0.29, 0.717) is 18.7 Å². The molecule has 1 aromatic carbocycles. The molecule has 2 aromatic rings. The lowest BCUT2D eigenvalue weighted by Gasteiger charge is -2.08. The molecular weight excluding hydrogens is 332 g/mol. The molecule has 7 heteroatoms. The molecule has 1 fully saturated rings. The van der Waals surface area contributed by atoms with Gasteiger partial charge in [0.25, 0.3) is 0 Å². The zero-order valence-corrected chi connectivity index (χ0v) is 14.2. The average molecular weight is 349 g/mol. The zero-order chi connectivity index (χ0) is 17.3. The standard InChI is InChI=1S/C17H17ClN2O4/c1-10-3-5-12(6-4-10)9-20-15(18)14(11(2)19-20)17(22)24-13-7-8-23-16(13)21/h3-6,13H,7-9H2,1-2H3/t13-/m0/s1. The van der Waals surface area contributed by atoms with Gasteiger partial charge in [-0.3, -0.25) is 0 Å². The minimum atomic E-state index is -0.867. The number of cyclic esters (lactones) is 1. The van der Waals surface area contributed by atoms with Gasteiger partial charge in [-0.15, -0.1) is 0 Å². The maximum atomic E-state index is 12.3. The SMILES string of the molecule is Cc1ccc(Cn2nc(C)c(C(=O)O[C@H]3CCOC3=O)c2Cl)cc1. The van der Waals surface area contributed by atoms with Crippen LogP contribution in [0.1, 0.15) is 33.6 Å². The molecule has 1 saturated heterocycles. The third-order valence-corrected chi connectivity index (χ3v) is 4.24. The fourth-order valence-electron chi connectivity index (χ4n) is 2.53. The Morgan fingerprint density at radius 2 is 2.08 bits per heavy atom. The molecule has 126 valence electrons. The summed E-state index contributed by atoms with van der Waals surface area (Å²) in [4.78, 5) is 23.8. The van der Waals surface area contributed by atoms with Crippen LogP contribution in [0.2, 0.25) is 5.15 Å². The van der Waals surface area contributed by atoms with Gasteiger partial charge in [0, 0.05) is 6.42 Å². The van der Waals surface area contributed by atoms with Crippen LogP contribution >= 0.6 is 11.6 Å². The summed E-state index contributed by atoms with van der Waals surface area (Å²) < 4.78 is 11.5. The molecular formula is C17H17ClN2O4. The Balaban J connectivity index is 1.79. The summed E-state index contributed by atoms with van der Waals surface area (Å²) >= 11 is 6.31. The first kappa shape index (κ1) is 16.5. The fourth-order valence-corrected chi connectivity index (χ4v) is 2.84. The van der Waals surface area contributed by atoms with E-state index in [1.165, 1.54) is 0 Å². The molecule has 0 aliphatic carbocycles. The van der Waals surface area contributed by atoms with Crippen molar-refractivity contribution in [2.24, 2.45) is 0 Å². The molecule has 6 nitrogen and oxygen atoms in total. The lowest BCUT2D eigenvalue weighted by atomic mass is 10.1. The average Bonchev–Trinajstić information content (AvgIpc) is 3.05. The van der Waals surface area contributed by atoms with Crippen LogP contribution in [0.4, 0.5) is 0 Å². The second-order valence-electron chi connectivity index (χ2n) is 5.74. The lowest BCUT2D eigenvalue weighted by molar-refractivity contribution is -0.145. The number of carbonyl (C=O) groups excluding carboxylic acids is 2. The molecule has 1 aliphatic rings. The minimum Gasteiger partial charge on any atom is -0.463 e. The monoisotopic (exact) mass is 348 g/mol. The van der Waals surface area contributed by atoms with Crippen LogP contribution in [0.5, 0.6) is 0 Å². The first-order valence-electron chi connectivity index (χ1n) is 7.62. The van der Waals surface area contributed by atoms with E-state index in [1.807, 2.05) is 31.2 Å². The van der Waals surface area contributed by atoms with Crippen LogP contribution in [-0.4, -0.2) is 34.4 Å². The van der Waals surface area contributed by atoms with Gasteiger partial charge >= 0.3 is 11.9 Å². The largest absolute Gasteiger partial charge is 0.463 e. The predicted octanol–water partition coefficient (Wildman–Crippen LogP) is 2.67. The molecule has 0 radical (unpaired) electrons. The second-order valence-corrected chi connectivity index (χ2v) is 6.10. The Morgan fingerprint density at radius 1 is 1.38 bits per heavy atom. The van der Waals surface area contributed by atoms with Crippen molar-refractivity contribution >= 4 is 23.5 Å². The van der Waals surface area contributed by atoms with Gasteiger partial charge < -0.3 is 9.47 Å². The van der Waals surface area contributed by atoms with E-state index >= 15 is 0 Å². The third kappa shape index (κ3) is 3.28. The Morgan fingerprint density at radius 3 is 2.71 bits per heavy atom. The molecule has 0 unspecified atom stereocenters. The van der Waals surface area contributed by atoms with Crippen LogP contribution < -0.4 is 0 Å². The molecule has 0 saturated carbocycles. The Hall–Kier alpha value is -2.34. The van der Waals surface area contributed by atoms with E-state index in [-0.39, 0.29) is 17.3 Å². The highest BCUT2D eigenvalue weighted by Gasteiger charge is 2.32. The van der Waals surface area contributed by atoms with Gasteiger partial charge in [0.05, 0.1) is 18.8 Å². The number of rotatable bonds is 4. The number of aromatic nitrogens is 2. The van der Waals surface area contributed by atoms with Crippen LogP contribution in [0.25, 0.3) is 0 Å². The summed E-state index contributed by atoms with van der Waals surface area (Å²) in [6, 6.07) is 7.96. The van der Waals surface area contributed by atoms with E-state index in [0.717, 1.165) is 11.1 Å². The number of esters is 2. The number of aryl methyl sites for hydroxylation is 2. The number of hydrogen-bond acceptors (Lipinski definition) is 5. The van der Waals surface area contributed by atoms with Crippen LogP contribution in [0.15, 0.2) is 24.3 Å². The predicted molar refractivity (Wildman–Crippen MR) is 87.0 cm³/mol. The number of halogens is 1. The molecule has 1 aromatic heterocycles. The highest BCUT2D eigenvalue weighted by Crippen LogP contribution is 2.23. The molecule has 24 heavy (non-hydrogen) atoms. The first-order valence-corrected chi connectivity index (χ1v) is 7.99. The quantitative estimate of drug-likeness (QED) is 0.794. The second kappa shape index (κ2) is 6.65. The van der Waals surface area contributed by atoms with E-state index in [1.54, 1.807) is 11.6 Å². The fraction of sp³-hybridized carbons (Fsp3) is 0.353. The molecule has 3 rings (SSSR count). The van der Waals surface area contributed by atoms with Gasteiger partial charge in [-0.25, -0.2) is 14.3 Å². The van der Waals surface area contributed by atoms with Crippen LogP contribution in [0, 0.1) is 13.8 Å². The summed E-state index contributed by atoms with van der Waals surface area (Å²) in [7, 11) is 0. The van der Waals surface area contributed by atoms with Crippen molar-refractivity contribution in [1.29, 1.82) is 0 Å². The van der Waals surface area contributed by atoms with Gasteiger partial charge in [-0.1, -0.05) is 41.4 Å². The van der Waals surface area contributed by atoms with Crippen molar-refractivity contribution in [2.75, 3.05) is 6.61 Å². The molecule has 0 amide bonds. The van der Waals surface area contributed by atoms with E-state index in [9.17, 15) is 9.59 Å². The summed E-state index contributed by atoms with van der Waals surface area (Å²) in [6.07, 6.45) is -0.507. The zero-order valence-electron chi connectivity index (χ0n) is 13.4. The Labute approximate surface area is 144 Å². The van der Waals surface area contributed by atoms with Gasteiger partial charge in [-0.2, -0.15) is 5.10 Å². The molecule has 0 N–H and O–H groups in total. The summed E-state index contributed by atoms with van der Waals surface area (Å²) in [5.41, 5.74) is 2.82. The number of carbonyl (C=O) groups is 2. The van der Waals surface area contributed by atoms with Crippen LogP contribution in [0.3, 0.4) is 0 Å². The Bertz CT molecular complexity index is 783. The van der Waals surface area contributed by atoms with Crippen molar-refractivity contribution in [3.8, 4) is 0 Å². The number of hydrogen-bond donors (Lipinski definition) is 0. The maximum Gasteiger partial charge on any atom is 0.347 e.